The van der Waals surface area contributed by atoms with Gasteiger partial charge in [0.2, 0.25) is 0 Å². The highest BCUT2D eigenvalue weighted by molar-refractivity contribution is 5.22. The largest absolute Gasteiger partial charge is 0.317 e. The van der Waals surface area contributed by atoms with E-state index in [2.05, 4.69) is 16.6 Å². The number of aryl methyl sites for hydroxylation is 3. The Morgan fingerprint density at radius 3 is 2.55 bits per heavy atom. The smallest absolute Gasteiger partial charge is 0.126 e. The first-order chi connectivity index (χ1) is 10.6. The zero-order valence-electron chi connectivity index (χ0n) is 12.8. The van der Waals surface area contributed by atoms with Gasteiger partial charge in [-0.25, -0.2) is 8.78 Å². The Morgan fingerprint density at radius 2 is 1.86 bits per heavy atom. The fourth-order valence-electron chi connectivity index (χ4n) is 3.18. The fourth-order valence-corrected chi connectivity index (χ4v) is 3.18. The zero-order chi connectivity index (χ0) is 15.5. The van der Waals surface area contributed by atoms with Crippen molar-refractivity contribution in [2.75, 3.05) is 13.1 Å². The summed E-state index contributed by atoms with van der Waals surface area (Å²) in [6.45, 7) is 4.78. The number of aromatic nitrogens is 2. The second-order valence-corrected chi connectivity index (χ2v) is 5.98. The van der Waals surface area contributed by atoms with Gasteiger partial charge in [0.15, 0.2) is 0 Å². The monoisotopic (exact) mass is 305 g/mol. The van der Waals surface area contributed by atoms with E-state index >= 15 is 0 Å². The van der Waals surface area contributed by atoms with Crippen LogP contribution in [0.1, 0.15) is 35.6 Å². The third-order valence-corrected chi connectivity index (χ3v) is 4.32. The standard InChI is InChI=1S/C17H21F2N3/c1-12-17(14-2-5-20-6-3-14)11-22(21-12)7-4-13-8-15(18)10-16(19)9-13/h8-11,14,20H,2-7H2,1H3. The predicted octanol–water partition coefficient (Wildman–Crippen LogP) is 3.18. The first-order valence-corrected chi connectivity index (χ1v) is 7.81. The Hall–Kier alpha value is -1.75. The van der Waals surface area contributed by atoms with Crippen LogP contribution in [-0.4, -0.2) is 22.9 Å². The molecule has 1 aliphatic rings. The summed E-state index contributed by atoms with van der Waals surface area (Å²) in [6, 6.07) is 3.66. The number of rotatable bonds is 4. The van der Waals surface area contributed by atoms with E-state index in [-0.39, 0.29) is 0 Å². The molecule has 5 heteroatoms. The van der Waals surface area contributed by atoms with Gasteiger partial charge in [0, 0.05) is 18.8 Å². The molecule has 1 fully saturated rings. The predicted molar refractivity (Wildman–Crippen MR) is 81.9 cm³/mol. The van der Waals surface area contributed by atoms with Crippen LogP contribution in [0.5, 0.6) is 0 Å². The molecule has 2 aromatic rings. The Labute approximate surface area is 129 Å². The Balaban J connectivity index is 1.68. The molecule has 0 unspecified atom stereocenters. The molecule has 0 saturated carbocycles. The lowest BCUT2D eigenvalue weighted by atomic mass is 9.91. The van der Waals surface area contributed by atoms with Crippen molar-refractivity contribution in [3.63, 3.8) is 0 Å². The summed E-state index contributed by atoms with van der Waals surface area (Å²) in [4.78, 5) is 0. The normalized spacial score (nSPS) is 16.1. The lowest BCUT2D eigenvalue weighted by molar-refractivity contribution is 0.459. The van der Waals surface area contributed by atoms with Crippen molar-refractivity contribution in [1.82, 2.24) is 15.1 Å². The van der Waals surface area contributed by atoms with Crippen LogP contribution in [0, 0.1) is 18.6 Å². The van der Waals surface area contributed by atoms with Gasteiger partial charge in [-0.2, -0.15) is 5.10 Å². The lowest BCUT2D eigenvalue weighted by Crippen LogP contribution is -2.26. The summed E-state index contributed by atoms with van der Waals surface area (Å²) in [6.07, 6.45) is 4.95. The number of benzene rings is 1. The second-order valence-electron chi connectivity index (χ2n) is 5.98. The van der Waals surface area contributed by atoms with Crippen LogP contribution in [0.3, 0.4) is 0 Å². The van der Waals surface area contributed by atoms with Gasteiger partial charge < -0.3 is 5.32 Å². The maximum Gasteiger partial charge on any atom is 0.126 e. The summed E-state index contributed by atoms with van der Waals surface area (Å²) in [5.41, 5.74) is 3.04. The molecular formula is C17H21F2N3. The van der Waals surface area contributed by atoms with Gasteiger partial charge in [0.1, 0.15) is 11.6 Å². The van der Waals surface area contributed by atoms with Gasteiger partial charge in [0.25, 0.3) is 0 Å². The maximum atomic E-state index is 13.2. The molecule has 0 spiro atoms. The molecule has 3 nitrogen and oxygen atoms in total. The third-order valence-electron chi connectivity index (χ3n) is 4.32. The van der Waals surface area contributed by atoms with Crippen LogP contribution < -0.4 is 5.32 Å². The molecule has 0 atom stereocenters. The van der Waals surface area contributed by atoms with Crippen LogP contribution >= 0.6 is 0 Å². The Morgan fingerprint density at radius 1 is 1.18 bits per heavy atom. The molecule has 1 aliphatic heterocycles. The van der Waals surface area contributed by atoms with Crippen molar-refractivity contribution in [2.24, 2.45) is 0 Å². The number of nitrogens with zero attached hydrogens (tertiary/aromatic N) is 2. The third kappa shape index (κ3) is 3.53. The minimum absolute atomic E-state index is 0.526. The van der Waals surface area contributed by atoms with Gasteiger partial charge in [-0.15, -0.1) is 0 Å². The van der Waals surface area contributed by atoms with Crippen LogP contribution in [0.15, 0.2) is 24.4 Å². The maximum absolute atomic E-state index is 13.2. The van der Waals surface area contributed by atoms with Crippen molar-refractivity contribution in [1.29, 1.82) is 0 Å². The molecule has 2 heterocycles. The molecular weight excluding hydrogens is 284 g/mol. The van der Waals surface area contributed by atoms with E-state index in [9.17, 15) is 8.78 Å². The van der Waals surface area contributed by atoms with E-state index in [0.717, 1.165) is 37.7 Å². The highest BCUT2D eigenvalue weighted by Gasteiger charge is 2.19. The van der Waals surface area contributed by atoms with Crippen molar-refractivity contribution in [3.05, 3.63) is 52.9 Å². The average Bonchev–Trinajstić information content (AvgIpc) is 2.86. The van der Waals surface area contributed by atoms with Crippen molar-refractivity contribution < 1.29 is 8.78 Å². The quantitative estimate of drug-likeness (QED) is 0.940. The summed E-state index contributed by atoms with van der Waals surface area (Å²) < 4.78 is 28.3. The first-order valence-electron chi connectivity index (χ1n) is 7.81. The minimum Gasteiger partial charge on any atom is -0.317 e. The highest BCUT2D eigenvalue weighted by atomic mass is 19.1. The van der Waals surface area contributed by atoms with Crippen molar-refractivity contribution in [3.8, 4) is 0 Å². The summed E-state index contributed by atoms with van der Waals surface area (Å²) in [7, 11) is 0. The van der Waals surface area contributed by atoms with Crippen LogP contribution in [-0.2, 0) is 13.0 Å². The van der Waals surface area contributed by atoms with Gasteiger partial charge in [-0.1, -0.05) is 0 Å². The van der Waals surface area contributed by atoms with Gasteiger partial charge in [-0.3, -0.25) is 4.68 Å². The molecule has 118 valence electrons. The number of nitrogens with one attached hydrogen (secondary N) is 1. The molecule has 1 aromatic carbocycles. The minimum atomic E-state index is -0.526. The van der Waals surface area contributed by atoms with E-state index in [4.69, 9.17) is 0 Å². The van der Waals surface area contributed by atoms with E-state index < -0.39 is 11.6 Å². The van der Waals surface area contributed by atoms with Gasteiger partial charge >= 0.3 is 0 Å². The first kappa shape index (κ1) is 15.2. The molecule has 0 amide bonds. The summed E-state index contributed by atoms with van der Waals surface area (Å²) >= 11 is 0. The summed E-state index contributed by atoms with van der Waals surface area (Å²) in [5.74, 6) is -0.481. The summed E-state index contributed by atoms with van der Waals surface area (Å²) in [5, 5.41) is 7.92. The van der Waals surface area contributed by atoms with Crippen molar-refractivity contribution >= 4 is 0 Å². The topological polar surface area (TPSA) is 29.9 Å². The average molecular weight is 305 g/mol. The number of hydrogen-bond donors (Lipinski definition) is 1. The van der Waals surface area contributed by atoms with E-state index in [1.165, 1.54) is 17.7 Å². The molecule has 22 heavy (non-hydrogen) atoms. The van der Waals surface area contributed by atoms with Gasteiger partial charge in [-0.05, 0) is 68.5 Å². The van der Waals surface area contributed by atoms with E-state index in [1.807, 2.05) is 11.6 Å². The Bertz CT molecular complexity index is 625. The lowest BCUT2D eigenvalue weighted by Gasteiger charge is -2.22. The zero-order valence-corrected chi connectivity index (χ0v) is 12.8. The van der Waals surface area contributed by atoms with Gasteiger partial charge in [0.05, 0.1) is 5.69 Å². The van der Waals surface area contributed by atoms with Crippen LogP contribution in [0.4, 0.5) is 8.78 Å². The van der Waals surface area contributed by atoms with E-state index in [0.29, 0.717) is 24.4 Å². The Kier molecular flexibility index (Phi) is 4.52. The second kappa shape index (κ2) is 6.57. The van der Waals surface area contributed by atoms with E-state index in [1.54, 1.807) is 0 Å². The molecule has 0 radical (unpaired) electrons. The molecule has 1 N–H and O–H groups in total. The highest BCUT2D eigenvalue weighted by Crippen LogP contribution is 2.27. The molecule has 3 rings (SSSR count). The molecule has 0 bridgehead atoms. The van der Waals surface area contributed by atoms with Crippen LogP contribution in [0.2, 0.25) is 0 Å². The van der Waals surface area contributed by atoms with Crippen LogP contribution in [0.25, 0.3) is 0 Å². The number of halogens is 2. The number of piperidine rings is 1. The molecule has 1 aromatic heterocycles. The number of hydrogen-bond acceptors (Lipinski definition) is 2. The SMILES string of the molecule is Cc1nn(CCc2cc(F)cc(F)c2)cc1C1CCNCC1. The molecule has 1 saturated heterocycles. The van der Waals surface area contributed by atoms with Crippen molar-refractivity contribution in [2.45, 2.75) is 38.6 Å². The fraction of sp³-hybridized carbons (Fsp3) is 0.471. The molecule has 0 aliphatic carbocycles.